The number of morpholine rings is 1. The molecule has 0 N–H and O–H groups in total. The van der Waals surface area contributed by atoms with Crippen LogP contribution in [0.1, 0.15) is 46.5 Å². The third-order valence-electron chi connectivity index (χ3n) is 4.11. The molecule has 1 atom stereocenters. The predicted octanol–water partition coefficient (Wildman–Crippen LogP) is 1.66. The minimum atomic E-state index is -0.258. The number of piperidine rings is 1. The number of carbonyl (C=O) groups excluding carboxylic acids is 2. The number of nitrogens with zero attached hydrogens (tertiary/aromatic N) is 2. The molecular weight excluding hydrogens is 268 g/mol. The van der Waals surface area contributed by atoms with E-state index in [1.54, 1.807) is 0 Å². The lowest BCUT2D eigenvalue weighted by atomic mass is 9.90. The van der Waals surface area contributed by atoms with Gasteiger partial charge in [0, 0.05) is 26.1 Å². The molecule has 2 aliphatic rings. The van der Waals surface area contributed by atoms with Gasteiger partial charge in [0.2, 0.25) is 11.8 Å². The topological polar surface area (TPSA) is 49.9 Å². The van der Waals surface area contributed by atoms with Crippen LogP contribution in [0.4, 0.5) is 0 Å². The first-order valence-corrected chi connectivity index (χ1v) is 8.04. The Morgan fingerprint density at radius 1 is 1.10 bits per heavy atom. The Bertz CT molecular complexity index is 383. The summed E-state index contributed by atoms with van der Waals surface area (Å²) in [5.41, 5.74) is -0.0406. The summed E-state index contributed by atoms with van der Waals surface area (Å²) in [6.45, 7) is 9.42. The van der Waals surface area contributed by atoms with Crippen molar-refractivity contribution in [1.29, 1.82) is 0 Å². The summed E-state index contributed by atoms with van der Waals surface area (Å²) in [4.78, 5) is 28.9. The molecule has 0 bridgehead atoms. The van der Waals surface area contributed by atoms with E-state index >= 15 is 0 Å². The molecule has 0 aliphatic carbocycles. The Balaban J connectivity index is 2.04. The van der Waals surface area contributed by atoms with Gasteiger partial charge in [0.25, 0.3) is 0 Å². The van der Waals surface area contributed by atoms with Gasteiger partial charge in [0.05, 0.1) is 13.2 Å². The molecule has 2 saturated heterocycles. The monoisotopic (exact) mass is 296 g/mol. The van der Waals surface area contributed by atoms with Crippen LogP contribution in [0, 0.1) is 5.41 Å². The van der Waals surface area contributed by atoms with Crippen molar-refractivity contribution < 1.29 is 14.3 Å². The highest BCUT2D eigenvalue weighted by molar-refractivity contribution is 5.88. The fourth-order valence-electron chi connectivity index (χ4n) is 3.04. The van der Waals surface area contributed by atoms with E-state index in [1.807, 2.05) is 9.80 Å². The van der Waals surface area contributed by atoms with E-state index in [2.05, 4.69) is 20.8 Å². The quantitative estimate of drug-likeness (QED) is 0.779. The van der Waals surface area contributed by atoms with Crippen LogP contribution in [-0.2, 0) is 14.3 Å². The lowest BCUT2D eigenvalue weighted by molar-refractivity contribution is -0.151. The van der Waals surface area contributed by atoms with Crippen molar-refractivity contribution in [3.8, 4) is 0 Å². The molecule has 5 heteroatoms. The molecule has 0 aromatic carbocycles. The molecule has 0 radical (unpaired) electrons. The summed E-state index contributed by atoms with van der Waals surface area (Å²) in [7, 11) is 0. The van der Waals surface area contributed by atoms with Gasteiger partial charge in [0.1, 0.15) is 6.04 Å². The number of hydrogen-bond acceptors (Lipinski definition) is 3. The SMILES string of the molecule is CC(C)(C)CC(=O)N1CCCC[C@H]1C(=O)N1CCOCC1. The van der Waals surface area contributed by atoms with E-state index in [0.29, 0.717) is 32.7 Å². The highest BCUT2D eigenvalue weighted by atomic mass is 16.5. The zero-order valence-electron chi connectivity index (χ0n) is 13.6. The Labute approximate surface area is 127 Å². The summed E-state index contributed by atoms with van der Waals surface area (Å²) >= 11 is 0. The number of amides is 2. The molecule has 2 amide bonds. The van der Waals surface area contributed by atoms with Crippen molar-refractivity contribution >= 4 is 11.8 Å². The zero-order chi connectivity index (χ0) is 15.5. The van der Waals surface area contributed by atoms with Crippen LogP contribution in [0.3, 0.4) is 0 Å². The number of ether oxygens (including phenoxy) is 1. The Hall–Kier alpha value is -1.10. The second-order valence-corrected chi connectivity index (χ2v) is 7.27. The van der Waals surface area contributed by atoms with Gasteiger partial charge in [-0.3, -0.25) is 9.59 Å². The first kappa shape index (κ1) is 16.3. The molecule has 120 valence electrons. The first-order chi connectivity index (χ1) is 9.88. The van der Waals surface area contributed by atoms with Gasteiger partial charge in [-0.25, -0.2) is 0 Å². The molecule has 0 spiro atoms. The Kier molecular flexibility index (Phi) is 5.25. The maximum atomic E-state index is 12.7. The van der Waals surface area contributed by atoms with E-state index in [0.717, 1.165) is 25.8 Å². The highest BCUT2D eigenvalue weighted by Crippen LogP contribution is 2.25. The average Bonchev–Trinajstić information content (AvgIpc) is 2.45. The normalized spacial score (nSPS) is 24.0. The summed E-state index contributed by atoms with van der Waals surface area (Å²) in [6.07, 6.45) is 3.33. The molecule has 5 nitrogen and oxygen atoms in total. The van der Waals surface area contributed by atoms with Crippen LogP contribution in [0.5, 0.6) is 0 Å². The molecule has 0 unspecified atom stereocenters. The van der Waals surface area contributed by atoms with Crippen molar-refractivity contribution in [2.75, 3.05) is 32.8 Å². The number of carbonyl (C=O) groups is 2. The van der Waals surface area contributed by atoms with E-state index in [9.17, 15) is 9.59 Å². The summed E-state index contributed by atoms with van der Waals surface area (Å²) in [6, 6.07) is -0.258. The third-order valence-corrected chi connectivity index (χ3v) is 4.11. The molecule has 0 saturated carbocycles. The largest absolute Gasteiger partial charge is 0.378 e. The van der Waals surface area contributed by atoms with Crippen molar-refractivity contribution in [2.24, 2.45) is 5.41 Å². The molecule has 2 aliphatic heterocycles. The van der Waals surface area contributed by atoms with Gasteiger partial charge >= 0.3 is 0 Å². The summed E-state index contributed by atoms with van der Waals surface area (Å²) in [5, 5.41) is 0. The maximum absolute atomic E-state index is 12.7. The third kappa shape index (κ3) is 4.43. The smallest absolute Gasteiger partial charge is 0.245 e. The molecule has 2 heterocycles. The second kappa shape index (κ2) is 6.77. The van der Waals surface area contributed by atoms with Crippen LogP contribution < -0.4 is 0 Å². The fraction of sp³-hybridized carbons (Fsp3) is 0.875. The maximum Gasteiger partial charge on any atom is 0.245 e. The molecule has 2 fully saturated rings. The number of likely N-dealkylation sites (tertiary alicyclic amines) is 1. The minimum Gasteiger partial charge on any atom is -0.378 e. The van der Waals surface area contributed by atoms with E-state index in [-0.39, 0.29) is 23.3 Å². The van der Waals surface area contributed by atoms with Gasteiger partial charge in [-0.1, -0.05) is 20.8 Å². The average molecular weight is 296 g/mol. The standard InChI is InChI=1S/C16H28N2O3/c1-16(2,3)12-14(19)18-7-5-4-6-13(18)15(20)17-8-10-21-11-9-17/h13H,4-12H2,1-3H3/t13-/m0/s1. The van der Waals surface area contributed by atoms with Gasteiger partial charge in [-0.15, -0.1) is 0 Å². The van der Waals surface area contributed by atoms with Crippen molar-refractivity contribution in [1.82, 2.24) is 9.80 Å². The van der Waals surface area contributed by atoms with Gasteiger partial charge < -0.3 is 14.5 Å². The Morgan fingerprint density at radius 2 is 1.76 bits per heavy atom. The Morgan fingerprint density at radius 3 is 2.38 bits per heavy atom. The van der Waals surface area contributed by atoms with Crippen molar-refractivity contribution in [3.05, 3.63) is 0 Å². The molecule has 21 heavy (non-hydrogen) atoms. The van der Waals surface area contributed by atoms with Gasteiger partial charge in [-0.2, -0.15) is 0 Å². The minimum absolute atomic E-state index is 0.0406. The molecular formula is C16H28N2O3. The lowest BCUT2D eigenvalue weighted by Gasteiger charge is -2.39. The van der Waals surface area contributed by atoms with Crippen LogP contribution in [-0.4, -0.2) is 60.5 Å². The fourth-order valence-corrected chi connectivity index (χ4v) is 3.04. The van der Waals surface area contributed by atoms with E-state index in [4.69, 9.17) is 4.74 Å². The van der Waals surface area contributed by atoms with Gasteiger partial charge in [0.15, 0.2) is 0 Å². The van der Waals surface area contributed by atoms with Crippen molar-refractivity contribution in [2.45, 2.75) is 52.5 Å². The van der Waals surface area contributed by atoms with Gasteiger partial charge in [-0.05, 0) is 24.7 Å². The number of hydrogen-bond donors (Lipinski definition) is 0. The second-order valence-electron chi connectivity index (χ2n) is 7.27. The highest BCUT2D eigenvalue weighted by Gasteiger charge is 2.36. The first-order valence-electron chi connectivity index (χ1n) is 8.04. The van der Waals surface area contributed by atoms with Crippen LogP contribution in [0.15, 0.2) is 0 Å². The van der Waals surface area contributed by atoms with Crippen LogP contribution in [0.2, 0.25) is 0 Å². The lowest BCUT2D eigenvalue weighted by Crippen LogP contribution is -2.55. The summed E-state index contributed by atoms with van der Waals surface area (Å²) in [5.74, 6) is 0.231. The summed E-state index contributed by atoms with van der Waals surface area (Å²) < 4.78 is 5.30. The predicted molar refractivity (Wildman–Crippen MR) is 80.8 cm³/mol. The molecule has 0 aromatic heterocycles. The zero-order valence-corrected chi connectivity index (χ0v) is 13.6. The van der Waals surface area contributed by atoms with E-state index in [1.165, 1.54) is 0 Å². The van der Waals surface area contributed by atoms with Crippen LogP contribution in [0.25, 0.3) is 0 Å². The van der Waals surface area contributed by atoms with E-state index < -0.39 is 0 Å². The van der Waals surface area contributed by atoms with Crippen LogP contribution >= 0.6 is 0 Å². The molecule has 2 rings (SSSR count). The number of rotatable bonds is 2. The molecule has 0 aromatic rings. The van der Waals surface area contributed by atoms with Crippen molar-refractivity contribution in [3.63, 3.8) is 0 Å².